The molecule has 0 aliphatic carbocycles. The summed E-state index contributed by atoms with van der Waals surface area (Å²) in [6.45, 7) is 5.60. The van der Waals surface area contributed by atoms with Crippen LogP contribution in [0, 0.1) is 0 Å². The van der Waals surface area contributed by atoms with Crippen LogP contribution in [0.15, 0.2) is 36.5 Å². The van der Waals surface area contributed by atoms with Gasteiger partial charge in [0.15, 0.2) is 0 Å². The van der Waals surface area contributed by atoms with E-state index in [2.05, 4.69) is 16.0 Å². The van der Waals surface area contributed by atoms with E-state index >= 15 is 0 Å². The summed E-state index contributed by atoms with van der Waals surface area (Å²) < 4.78 is 10.5. The maximum atomic E-state index is 12.7. The van der Waals surface area contributed by atoms with Crippen molar-refractivity contribution in [2.24, 2.45) is 0 Å². The minimum Gasteiger partial charge on any atom is -0.493 e. The molecule has 2 aliphatic heterocycles. The molecule has 3 heterocycles. The Hall–Kier alpha value is -3.09. The Morgan fingerprint density at radius 2 is 1.97 bits per heavy atom. The SMILES string of the molecule is CCOC(=O)c1ccc(N2CCN(C(=O)Cc3ccc4c(c3)CCO4)CC2)nc1. The molecule has 4 rings (SSSR count). The van der Waals surface area contributed by atoms with Crippen LogP contribution in [0.3, 0.4) is 0 Å². The third-order valence-corrected chi connectivity index (χ3v) is 5.32. The van der Waals surface area contributed by atoms with Crippen LogP contribution in [-0.2, 0) is 22.4 Å². The summed E-state index contributed by atoms with van der Waals surface area (Å²) in [6.07, 6.45) is 2.88. The topological polar surface area (TPSA) is 72.0 Å². The molecule has 29 heavy (non-hydrogen) atoms. The number of benzene rings is 1. The molecule has 7 nitrogen and oxygen atoms in total. The van der Waals surface area contributed by atoms with Gasteiger partial charge < -0.3 is 19.3 Å². The Labute approximate surface area is 170 Å². The van der Waals surface area contributed by atoms with E-state index in [-0.39, 0.29) is 11.9 Å². The fourth-order valence-electron chi connectivity index (χ4n) is 3.73. The van der Waals surface area contributed by atoms with E-state index in [4.69, 9.17) is 9.47 Å². The number of carbonyl (C=O) groups is 2. The number of ether oxygens (including phenoxy) is 2. The van der Waals surface area contributed by atoms with Crippen molar-refractivity contribution in [3.05, 3.63) is 53.2 Å². The molecule has 0 spiro atoms. The fraction of sp³-hybridized carbons (Fsp3) is 0.409. The van der Waals surface area contributed by atoms with E-state index in [1.54, 1.807) is 19.2 Å². The van der Waals surface area contributed by atoms with Crippen molar-refractivity contribution < 1.29 is 19.1 Å². The number of hydrogen-bond acceptors (Lipinski definition) is 6. The number of amides is 1. The number of esters is 1. The summed E-state index contributed by atoms with van der Waals surface area (Å²) >= 11 is 0. The molecule has 0 bridgehead atoms. The number of fused-ring (bicyclic) bond motifs is 1. The molecule has 1 fully saturated rings. The van der Waals surface area contributed by atoms with E-state index in [1.807, 2.05) is 23.1 Å². The number of nitrogens with zero attached hydrogens (tertiary/aromatic N) is 3. The van der Waals surface area contributed by atoms with Crippen LogP contribution in [-0.4, -0.2) is 61.2 Å². The number of piperazine rings is 1. The van der Waals surface area contributed by atoms with Crippen LogP contribution in [0.25, 0.3) is 0 Å². The third kappa shape index (κ3) is 4.34. The van der Waals surface area contributed by atoms with Gasteiger partial charge >= 0.3 is 5.97 Å². The Morgan fingerprint density at radius 3 is 2.69 bits per heavy atom. The second-order valence-corrected chi connectivity index (χ2v) is 7.21. The first-order valence-electron chi connectivity index (χ1n) is 10.0. The Morgan fingerprint density at radius 1 is 1.14 bits per heavy atom. The number of aromatic nitrogens is 1. The second kappa shape index (κ2) is 8.51. The zero-order valence-electron chi connectivity index (χ0n) is 16.6. The number of pyridine rings is 1. The lowest BCUT2D eigenvalue weighted by molar-refractivity contribution is -0.130. The van der Waals surface area contributed by atoms with Gasteiger partial charge in [-0.15, -0.1) is 0 Å². The minimum atomic E-state index is -0.361. The average Bonchev–Trinajstić information content (AvgIpc) is 3.22. The third-order valence-electron chi connectivity index (χ3n) is 5.32. The van der Waals surface area contributed by atoms with Crippen LogP contribution >= 0.6 is 0 Å². The van der Waals surface area contributed by atoms with Crippen molar-refractivity contribution in [2.75, 3.05) is 44.3 Å². The summed E-state index contributed by atoms with van der Waals surface area (Å²) in [5.41, 5.74) is 2.68. The molecule has 0 saturated carbocycles. The monoisotopic (exact) mass is 395 g/mol. The van der Waals surface area contributed by atoms with Crippen molar-refractivity contribution in [1.82, 2.24) is 9.88 Å². The molecule has 7 heteroatoms. The van der Waals surface area contributed by atoms with E-state index in [0.29, 0.717) is 31.7 Å². The molecular weight excluding hydrogens is 370 g/mol. The van der Waals surface area contributed by atoms with Gasteiger partial charge in [0, 0.05) is 38.8 Å². The second-order valence-electron chi connectivity index (χ2n) is 7.21. The lowest BCUT2D eigenvalue weighted by atomic mass is 10.1. The van der Waals surface area contributed by atoms with Gasteiger partial charge in [-0.1, -0.05) is 12.1 Å². The van der Waals surface area contributed by atoms with Gasteiger partial charge in [0.25, 0.3) is 0 Å². The van der Waals surface area contributed by atoms with Crippen molar-refractivity contribution in [3.8, 4) is 5.75 Å². The molecule has 152 valence electrons. The molecule has 0 radical (unpaired) electrons. The van der Waals surface area contributed by atoms with Gasteiger partial charge in [0.05, 0.1) is 25.2 Å². The Balaban J connectivity index is 1.31. The summed E-state index contributed by atoms with van der Waals surface area (Å²) in [5, 5.41) is 0. The Bertz CT molecular complexity index is 889. The van der Waals surface area contributed by atoms with E-state index in [1.165, 1.54) is 5.56 Å². The van der Waals surface area contributed by atoms with E-state index < -0.39 is 0 Å². The van der Waals surface area contributed by atoms with Gasteiger partial charge in [-0.3, -0.25) is 4.79 Å². The van der Waals surface area contributed by atoms with E-state index in [0.717, 1.165) is 43.2 Å². The van der Waals surface area contributed by atoms with Crippen LogP contribution in [0.5, 0.6) is 5.75 Å². The van der Waals surface area contributed by atoms with Gasteiger partial charge in [-0.25, -0.2) is 9.78 Å². The normalized spacial score (nSPS) is 15.6. The number of carbonyl (C=O) groups excluding carboxylic acids is 2. The molecule has 1 aromatic carbocycles. The number of anilines is 1. The van der Waals surface area contributed by atoms with Crippen LogP contribution in [0.1, 0.15) is 28.4 Å². The largest absolute Gasteiger partial charge is 0.493 e. The summed E-state index contributed by atoms with van der Waals surface area (Å²) in [5.74, 6) is 1.54. The highest BCUT2D eigenvalue weighted by atomic mass is 16.5. The van der Waals surface area contributed by atoms with Crippen molar-refractivity contribution in [1.29, 1.82) is 0 Å². The predicted octanol–water partition coefficient (Wildman–Crippen LogP) is 2.08. The lowest BCUT2D eigenvalue weighted by Gasteiger charge is -2.35. The van der Waals surface area contributed by atoms with Crippen LogP contribution < -0.4 is 9.64 Å². The van der Waals surface area contributed by atoms with Gasteiger partial charge in [0.1, 0.15) is 11.6 Å². The molecule has 1 saturated heterocycles. The molecule has 2 aliphatic rings. The standard InChI is InChI=1S/C22H25N3O4/c1-2-28-22(27)18-4-6-20(23-15-18)24-8-10-25(11-9-24)21(26)14-16-3-5-19-17(13-16)7-12-29-19/h3-6,13,15H,2,7-12,14H2,1H3. The molecule has 1 aromatic heterocycles. The molecule has 1 amide bonds. The highest BCUT2D eigenvalue weighted by molar-refractivity contribution is 5.89. The molecule has 0 unspecified atom stereocenters. The first-order chi connectivity index (χ1) is 14.1. The zero-order chi connectivity index (χ0) is 20.2. The fourth-order valence-corrected chi connectivity index (χ4v) is 3.73. The van der Waals surface area contributed by atoms with Crippen LogP contribution in [0.4, 0.5) is 5.82 Å². The zero-order valence-corrected chi connectivity index (χ0v) is 16.6. The van der Waals surface area contributed by atoms with Gasteiger partial charge in [0.2, 0.25) is 5.91 Å². The molecule has 2 aromatic rings. The Kier molecular flexibility index (Phi) is 5.64. The molecular formula is C22H25N3O4. The van der Waals surface area contributed by atoms with Crippen molar-refractivity contribution in [3.63, 3.8) is 0 Å². The molecule has 0 N–H and O–H groups in total. The average molecular weight is 395 g/mol. The predicted molar refractivity (Wildman–Crippen MR) is 108 cm³/mol. The highest BCUT2D eigenvalue weighted by Gasteiger charge is 2.23. The first-order valence-corrected chi connectivity index (χ1v) is 10.0. The number of rotatable bonds is 5. The summed E-state index contributed by atoms with van der Waals surface area (Å²) in [6, 6.07) is 9.60. The quantitative estimate of drug-likeness (QED) is 0.722. The van der Waals surface area contributed by atoms with E-state index in [9.17, 15) is 9.59 Å². The highest BCUT2D eigenvalue weighted by Crippen LogP contribution is 2.26. The maximum Gasteiger partial charge on any atom is 0.339 e. The van der Waals surface area contributed by atoms with Crippen molar-refractivity contribution >= 4 is 17.7 Å². The number of hydrogen-bond donors (Lipinski definition) is 0. The maximum absolute atomic E-state index is 12.7. The lowest BCUT2D eigenvalue weighted by Crippen LogP contribution is -2.49. The summed E-state index contributed by atoms with van der Waals surface area (Å²) in [4.78, 5) is 32.9. The smallest absolute Gasteiger partial charge is 0.339 e. The first kappa shape index (κ1) is 19.2. The minimum absolute atomic E-state index is 0.147. The van der Waals surface area contributed by atoms with Crippen LogP contribution in [0.2, 0.25) is 0 Å². The summed E-state index contributed by atoms with van der Waals surface area (Å²) in [7, 11) is 0. The van der Waals surface area contributed by atoms with Gasteiger partial charge in [-0.2, -0.15) is 0 Å². The molecule has 0 atom stereocenters. The van der Waals surface area contributed by atoms with Gasteiger partial charge in [-0.05, 0) is 36.2 Å². The van der Waals surface area contributed by atoms with Crippen molar-refractivity contribution in [2.45, 2.75) is 19.8 Å².